The summed E-state index contributed by atoms with van der Waals surface area (Å²) in [5, 5.41) is 8.78. The Morgan fingerprint density at radius 3 is 2.69 bits per heavy atom. The van der Waals surface area contributed by atoms with Gasteiger partial charge in [0.15, 0.2) is 0 Å². The van der Waals surface area contributed by atoms with E-state index in [0.717, 1.165) is 10.6 Å². The Hall–Kier alpha value is 0.0400. The summed E-state index contributed by atoms with van der Waals surface area (Å²) in [6.07, 6.45) is 0. The van der Waals surface area contributed by atoms with Gasteiger partial charge in [0, 0.05) is 4.90 Å². The number of carboxylic acids is 1. The Morgan fingerprint density at radius 1 is 1.54 bits per heavy atom. The van der Waals surface area contributed by atoms with Crippen LogP contribution in [-0.2, 0) is 0 Å². The van der Waals surface area contributed by atoms with Crippen molar-refractivity contribution in [3.63, 3.8) is 0 Å². The Kier molecular flexibility index (Phi) is 6.51. The van der Waals surface area contributed by atoms with E-state index in [0.29, 0.717) is 5.56 Å². The molecule has 0 aliphatic heterocycles. The van der Waals surface area contributed by atoms with Crippen LogP contribution in [-0.4, -0.2) is 16.8 Å². The van der Waals surface area contributed by atoms with Crippen LogP contribution < -0.4 is 29.6 Å². The number of thioether (sulfide) groups is 1. The summed E-state index contributed by atoms with van der Waals surface area (Å²) in [5.41, 5.74) is 0.393. The molecule has 0 aliphatic rings. The van der Waals surface area contributed by atoms with Gasteiger partial charge in [-0.25, -0.2) is 4.79 Å². The van der Waals surface area contributed by atoms with Gasteiger partial charge in [0.1, 0.15) is 0 Å². The summed E-state index contributed by atoms with van der Waals surface area (Å²) in [4.78, 5) is 11.5. The zero-order valence-electron chi connectivity index (χ0n) is 8.78. The number of hydrogen-bond donors (Lipinski definition) is 1. The van der Waals surface area contributed by atoms with Crippen LogP contribution in [0.3, 0.4) is 0 Å². The van der Waals surface area contributed by atoms with E-state index in [1.54, 1.807) is 23.9 Å². The summed E-state index contributed by atoms with van der Waals surface area (Å²) < 4.78 is 0. The van der Waals surface area contributed by atoms with Crippen LogP contribution in [0.2, 0.25) is 0 Å². The first-order chi connectivity index (χ1) is 5.75. The maximum Gasteiger partial charge on any atom is 1.00 e. The van der Waals surface area contributed by atoms with E-state index in [9.17, 15) is 4.79 Å². The van der Waals surface area contributed by atoms with E-state index >= 15 is 0 Å². The molecule has 0 aromatic heterocycles. The predicted molar refractivity (Wildman–Crippen MR) is 50.9 cm³/mol. The number of carbonyl (C=O) groups is 1. The predicted octanol–water partition coefficient (Wildman–Crippen LogP) is -0.387. The van der Waals surface area contributed by atoms with Gasteiger partial charge >= 0.3 is 35.5 Å². The van der Waals surface area contributed by atoms with E-state index in [1.807, 2.05) is 19.1 Å². The first-order valence-corrected chi connectivity index (χ1v) is 4.69. The van der Waals surface area contributed by atoms with Crippen molar-refractivity contribution in [2.24, 2.45) is 0 Å². The number of carboxylic acid groups (broad SMARTS) is 1. The Morgan fingerprint density at radius 2 is 2.15 bits per heavy atom. The second-order valence-corrected chi connectivity index (χ2v) is 3.54. The van der Waals surface area contributed by atoms with Crippen molar-refractivity contribution in [1.82, 2.24) is 0 Å². The van der Waals surface area contributed by atoms with Gasteiger partial charge in [-0.2, -0.15) is 0 Å². The monoisotopic (exact) mass is 206 g/mol. The van der Waals surface area contributed by atoms with Crippen molar-refractivity contribution in [2.75, 3.05) is 5.75 Å². The molecule has 0 aliphatic carbocycles. The van der Waals surface area contributed by atoms with Crippen LogP contribution in [0.5, 0.6) is 0 Å². The van der Waals surface area contributed by atoms with Crippen LogP contribution in [0.15, 0.2) is 29.2 Å². The molecule has 0 saturated carbocycles. The summed E-state index contributed by atoms with van der Waals surface area (Å²) in [7, 11) is 0. The van der Waals surface area contributed by atoms with E-state index in [-0.39, 0.29) is 31.0 Å². The minimum Gasteiger partial charge on any atom is -1.00 e. The normalized spacial score (nSPS) is 9.00. The molecule has 0 saturated heterocycles. The average molecular weight is 206 g/mol. The largest absolute Gasteiger partial charge is 1.00 e. The van der Waals surface area contributed by atoms with Gasteiger partial charge in [-0.1, -0.05) is 19.1 Å². The zero-order chi connectivity index (χ0) is 8.97. The molecule has 0 atom stereocenters. The fourth-order valence-electron chi connectivity index (χ4n) is 0.925. The summed E-state index contributed by atoms with van der Waals surface area (Å²) >= 11 is 1.55. The molecule has 4 heteroatoms. The summed E-state index contributed by atoms with van der Waals surface area (Å²) in [6, 6.07) is 7.05. The van der Waals surface area contributed by atoms with Crippen LogP contribution in [0.25, 0.3) is 0 Å². The number of aromatic carboxylic acids is 1. The molecule has 1 aromatic carbocycles. The minimum absolute atomic E-state index is 0. The molecule has 0 heterocycles. The van der Waals surface area contributed by atoms with Gasteiger partial charge in [-0.3, -0.25) is 0 Å². The molecule has 2 nitrogen and oxygen atoms in total. The maximum absolute atomic E-state index is 10.7. The van der Waals surface area contributed by atoms with Crippen molar-refractivity contribution in [3.8, 4) is 0 Å². The van der Waals surface area contributed by atoms with Crippen LogP contribution >= 0.6 is 11.8 Å². The smallest absolute Gasteiger partial charge is 1.00 e. The van der Waals surface area contributed by atoms with Crippen LogP contribution in [0.1, 0.15) is 18.7 Å². The first kappa shape index (κ1) is 13.0. The Balaban J connectivity index is 0. The third-order valence-corrected chi connectivity index (χ3v) is 2.37. The SMILES string of the molecule is CCSc1ccccc1C(=O)O.[H-].[Na+]. The fourth-order valence-corrected chi connectivity index (χ4v) is 1.72. The number of benzene rings is 1. The van der Waals surface area contributed by atoms with Gasteiger partial charge in [0.25, 0.3) is 0 Å². The molecule has 1 rings (SSSR count). The molecule has 66 valence electrons. The summed E-state index contributed by atoms with van der Waals surface area (Å²) in [6.45, 7) is 2.00. The fraction of sp³-hybridized carbons (Fsp3) is 0.222. The van der Waals surface area contributed by atoms with Gasteiger partial charge in [0.05, 0.1) is 5.56 Å². The van der Waals surface area contributed by atoms with Gasteiger partial charge < -0.3 is 6.53 Å². The first-order valence-electron chi connectivity index (χ1n) is 3.70. The Bertz CT molecular complexity index is 294. The standard InChI is InChI=1S/C9H10O2S.Na.H/c1-2-12-8-6-4-3-5-7(8)9(10)11;;/h3-6H,2H2,1H3,(H,10,11);;/q;+1;-1. The van der Waals surface area contributed by atoms with E-state index in [2.05, 4.69) is 0 Å². The van der Waals surface area contributed by atoms with Gasteiger partial charge in [-0.05, 0) is 17.9 Å². The maximum atomic E-state index is 10.7. The van der Waals surface area contributed by atoms with Crippen LogP contribution in [0, 0.1) is 0 Å². The van der Waals surface area contributed by atoms with Gasteiger partial charge in [-0.15, -0.1) is 11.8 Å². The van der Waals surface area contributed by atoms with Crippen molar-refractivity contribution in [2.45, 2.75) is 11.8 Å². The zero-order valence-corrected chi connectivity index (χ0v) is 10.6. The quantitative estimate of drug-likeness (QED) is 0.541. The molecule has 1 aromatic rings. The molecule has 0 bridgehead atoms. The van der Waals surface area contributed by atoms with Crippen molar-refractivity contribution in [3.05, 3.63) is 29.8 Å². The van der Waals surface area contributed by atoms with Gasteiger partial charge in [0.2, 0.25) is 0 Å². The second-order valence-electron chi connectivity index (χ2n) is 2.23. The third-order valence-electron chi connectivity index (χ3n) is 1.42. The Labute approximate surface area is 106 Å². The van der Waals surface area contributed by atoms with E-state index in [4.69, 9.17) is 5.11 Å². The summed E-state index contributed by atoms with van der Waals surface area (Å²) in [5.74, 6) is 0.0381. The third kappa shape index (κ3) is 3.73. The van der Waals surface area contributed by atoms with Crippen molar-refractivity contribution < 1.29 is 40.9 Å². The second kappa shape index (κ2) is 6.49. The molecule has 0 radical (unpaired) electrons. The van der Waals surface area contributed by atoms with E-state index < -0.39 is 5.97 Å². The van der Waals surface area contributed by atoms with Crippen molar-refractivity contribution in [1.29, 1.82) is 0 Å². The molecular formula is C9H11NaO2S. The molecule has 1 N–H and O–H groups in total. The van der Waals surface area contributed by atoms with E-state index in [1.165, 1.54) is 0 Å². The minimum atomic E-state index is -0.855. The molecule has 0 fully saturated rings. The molecular weight excluding hydrogens is 195 g/mol. The van der Waals surface area contributed by atoms with Crippen LogP contribution in [0.4, 0.5) is 0 Å². The molecule has 0 unspecified atom stereocenters. The molecule has 0 spiro atoms. The number of rotatable bonds is 3. The molecule has 13 heavy (non-hydrogen) atoms. The topological polar surface area (TPSA) is 37.3 Å². The average Bonchev–Trinajstić information content (AvgIpc) is 2.05. The van der Waals surface area contributed by atoms with Crippen molar-refractivity contribution >= 4 is 17.7 Å². The molecule has 0 amide bonds. The number of hydrogen-bond acceptors (Lipinski definition) is 2.